The Morgan fingerprint density at radius 1 is 1.24 bits per heavy atom. The Hall–Kier alpha value is -2.79. The SMILES string of the molecule is CN(CCCn1c2c(c(=O)[nH]c1=O)CCCC2)S(=O)(=O)c1cccc([N+](=O)[O-])c1. The van der Waals surface area contributed by atoms with Crippen molar-refractivity contribution in [3.05, 3.63) is 66.5 Å². The zero-order valence-electron chi connectivity index (χ0n) is 16.0. The highest BCUT2D eigenvalue weighted by molar-refractivity contribution is 7.89. The van der Waals surface area contributed by atoms with E-state index in [1.165, 1.54) is 29.8 Å². The molecule has 0 spiro atoms. The van der Waals surface area contributed by atoms with Crippen molar-refractivity contribution >= 4 is 15.7 Å². The van der Waals surface area contributed by atoms with Gasteiger partial charge in [-0.1, -0.05) is 6.07 Å². The van der Waals surface area contributed by atoms with E-state index in [2.05, 4.69) is 4.98 Å². The van der Waals surface area contributed by atoms with Gasteiger partial charge < -0.3 is 0 Å². The molecule has 10 nitrogen and oxygen atoms in total. The second-order valence-corrected chi connectivity index (χ2v) is 9.02. The first-order valence-electron chi connectivity index (χ1n) is 9.27. The summed E-state index contributed by atoms with van der Waals surface area (Å²) in [7, 11) is -2.51. The number of nitro benzene ring substituents is 1. The number of aromatic amines is 1. The van der Waals surface area contributed by atoms with E-state index in [0.717, 1.165) is 28.9 Å². The van der Waals surface area contributed by atoms with Gasteiger partial charge in [0.1, 0.15) is 0 Å². The van der Waals surface area contributed by atoms with E-state index >= 15 is 0 Å². The summed E-state index contributed by atoms with van der Waals surface area (Å²) in [6.07, 6.45) is 3.43. The van der Waals surface area contributed by atoms with Crippen LogP contribution in [0.1, 0.15) is 30.5 Å². The van der Waals surface area contributed by atoms with Gasteiger partial charge in [-0.3, -0.25) is 24.5 Å². The van der Waals surface area contributed by atoms with Crippen molar-refractivity contribution in [1.82, 2.24) is 13.9 Å². The van der Waals surface area contributed by atoms with Crippen molar-refractivity contribution in [1.29, 1.82) is 0 Å². The van der Waals surface area contributed by atoms with E-state index in [9.17, 15) is 28.1 Å². The van der Waals surface area contributed by atoms with Crippen LogP contribution < -0.4 is 11.2 Å². The van der Waals surface area contributed by atoms with E-state index in [-0.39, 0.29) is 29.2 Å². The van der Waals surface area contributed by atoms with Crippen LogP contribution in [0.15, 0.2) is 38.8 Å². The number of non-ortho nitro benzene ring substituents is 1. The van der Waals surface area contributed by atoms with Crippen LogP contribution in [0.5, 0.6) is 0 Å². The maximum atomic E-state index is 12.7. The summed E-state index contributed by atoms with van der Waals surface area (Å²) in [5.74, 6) is 0. The first-order valence-corrected chi connectivity index (χ1v) is 10.7. The number of hydrogen-bond donors (Lipinski definition) is 1. The molecule has 0 unspecified atom stereocenters. The number of benzene rings is 1. The largest absolute Gasteiger partial charge is 0.328 e. The van der Waals surface area contributed by atoms with Gasteiger partial charge in [-0.25, -0.2) is 17.5 Å². The molecule has 0 saturated carbocycles. The summed E-state index contributed by atoms with van der Waals surface area (Å²) in [4.78, 5) is 36.6. The normalized spacial score (nSPS) is 14.0. The van der Waals surface area contributed by atoms with Gasteiger partial charge in [-0.05, 0) is 38.2 Å². The van der Waals surface area contributed by atoms with Crippen molar-refractivity contribution in [3.63, 3.8) is 0 Å². The van der Waals surface area contributed by atoms with Crippen LogP contribution in [0.25, 0.3) is 0 Å². The number of nitrogens with zero attached hydrogens (tertiary/aromatic N) is 3. The van der Waals surface area contributed by atoms with Crippen molar-refractivity contribution in [3.8, 4) is 0 Å². The van der Waals surface area contributed by atoms with Crippen LogP contribution in [0.4, 0.5) is 5.69 Å². The molecule has 156 valence electrons. The molecule has 0 amide bonds. The highest BCUT2D eigenvalue weighted by Gasteiger charge is 2.23. The zero-order valence-corrected chi connectivity index (χ0v) is 16.8. The molecule has 1 N–H and O–H groups in total. The average Bonchev–Trinajstić information content (AvgIpc) is 2.70. The molecule has 29 heavy (non-hydrogen) atoms. The molecular formula is C18H22N4O6S. The maximum absolute atomic E-state index is 12.7. The number of hydrogen-bond acceptors (Lipinski definition) is 6. The van der Waals surface area contributed by atoms with Crippen molar-refractivity contribution < 1.29 is 13.3 Å². The molecule has 2 aromatic rings. The third kappa shape index (κ3) is 4.30. The molecule has 0 bridgehead atoms. The van der Waals surface area contributed by atoms with Gasteiger partial charge in [-0.2, -0.15) is 0 Å². The van der Waals surface area contributed by atoms with Gasteiger partial charge in [0.15, 0.2) is 0 Å². The maximum Gasteiger partial charge on any atom is 0.328 e. The standard InChI is InChI=1S/C18H22N4O6S/c1-20(29(27,28)14-7-4-6-13(12-14)22(25)26)10-5-11-21-16-9-3-2-8-15(16)17(23)19-18(21)24/h4,6-7,12H,2-3,5,8-11H2,1H3,(H,19,23,24). The summed E-state index contributed by atoms with van der Waals surface area (Å²) >= 11 is 0. The van der Waals surface area contributed by atoms with E-state index in [0.29, 0.717) is 24.8 Å². The van der Waals surface area contributed by atoms with Crippen LogP contribution in [0, 0.1) is 10.1 Å². The summed E-state index contributed by atoms with van der Waals surface area (Å²) in [6, 6.07) is 4.88. The van der Waals surface area contributed by atoms with Gasteiger partial charge in [-0.15, -0.1) is 0 Å². The van der Waals surface area contributed by atoms with Crippen molar-refractivity contribution in [2.45, 2.75) is 43.5 Å². The third-order valence-corrected chi connectivity index (χ3v) is 6.95. The molecule has 1 aliphatic rings. The molecule has 3 rings (SSSR count). The Balaban J connectivity index is 1.74. The number of sulfonamides is 1. The molecule has 0 atom stereocenters. The minimum absolute atomic E-state index is 0.116. The van der Waals surface area contributed by atoms with E-state index < -0.39 is 20.6 Å². The second-order valence-electron chi connectivity index (χ2n) is 6.98. The van der Waals surface area contributed by atoms with Gasteiger partial charge >= 0.3 is 5.69 Å². The Labute approximate surface area is 167 Å². The van der Waals surface area contributed by atoms with E-state index in [1.807, 2.05) is 0 Å². The fourth-order valence-electron chi connectivity index (χ4n) is 3.54. The van der Waals surface area contributed by atoms with Gasteiger partial charge in [0.05, 0.1) is 9.82 Å². The molecule has 1 aromatic heterocycles. The van der Waals surface area contributed by atoms with Crippen LogP contribution in [-0.4, -0.2) is 40.8 Å². The number of H-pyrrole nitrogens is 1. The molecular weight excluding hydrogens is 400 g/mol. The fraction of sp³-hybridized carbons (Fsp3) is 0.444. The lowest BCUT2D eigenvalue weighted by molar-refractivity contribution is -0.385. The first kappa shape index (κ1) is 20.9. The number of nitro groups is 1. The summed E-state index contributed by atoms with van der Waals surface area (Å²) in [5, 5.41) is 10.9. The van der Waals surface area contributed by atoms with Crippen molar-refractivity contribution in [2.24, 2.45) is 0 Å². The topological polar surface area (TPSA) is 135 Å². The highest BCUT2D eigenvalue weighted by atomic mass is 32.2. The van der Waals surface area contributed by atoms with E-state index in [1.54, 1.807) is 0 Å². The Morgan fingerprint density at radius 3 is 2.69 bits per heavy atom. The van der Waals surface area contributed by atoms with Gasteiger partial charge in [0.2, 0.25) is 10.0 Å². The number of fused-ring (bicyclic) bond motifs is 1. The highest BCUT2D eigenvalue weighted by Crippen LogP contribution is 2.21. The molecule has 0 saturated heterocycles. The van der Waals surface area contributed by atoms with Crippen molar-refractivity contribution in [2.75, 3.05) is 13.6 Å². The lowest BCUT2D eigenvalue weighted by atomic mass is 9.97. The summed E-state index contributed by atoms with van der Waals surface area (Å²) < 4.78 is 28.0. The monoisotopic (exact) mass is 422 g/mol. The molecule has 0 radical (unpaired) electrons. The molecule has 11 heteroatoms. The van der Waals surface area contributed by atoms with Gasteiger partial charge in [0.25, 0.3) is 11.2 Å². The number of aromatic nitrogens is 2. The lowest BCUT2D eigenvalue weighted by Crippen LogP contribution is -2.37. The van der Waals surface area contributed by atoms with Crippen LogP contribution in [-0.2, 0) is 29.4 Å². The predicted octanol–water partition coefficient (Wildman–Crippen LogP) is 1.03. The third-order valence-electron chi connectivity index (χ3n) is 5.10. The minimum atomic E-state index is -3.90. The first-order chi connectivity index (χ1) is 13.7. The fourth-order valence-corrected chi connectivity index (χ4v) is 4.79. The average molecular weight is 422 g/mol. The Kier molecular flexibility index (Phi) is 5.99. The lowest BCUT2D eigenvalue weighted by Gasteiger charge is -2.21. The molecule has 1 aromatic carbocycles. The Morgan fingerprint density at radius 2 is 1.97 bits per heavy atom. The van der Waals surface area contributed by atoms with Gasteiger partial charge in [0, 0.05) is 43.5 Å². The zero-order chi connectivity index (χ0) is 21.2. The second kappa shape index (κ2) is 8.29. The summed E-state index contributed by atoms with van der Waals surface area (Å²) in [5.41, 5.74) is 0.236. The predicted molar refractivity (Wildman–Crippen MR) is 105 cm³/mol. The molecule has 0 aliphatic heterocycles. The summed E-state index contributed by atoms with van der Waals surface area (Å²) in [6.45, 7) is 0.387. The molecule has 1 heterocycles. The molecule has 1 aliphatic carbocycles. The minimum Gasteiger partial charge on any atom is -0.297 e. The Bertz CT molecular complexity index is 1150. The number of nitrogens with one attached hydrogen (secondary N) is 1. The smallest absolute Gasteiger partial charge is 0.297 e. The van der Waals surface area contributed by atoms with Crippen LogP contribution in [0.2, 0.25) is 0 Å². The quantitative estimate of drug-likeness (QED) is 0.523. The van der Waals surface area contributed by atoms with Crippen LogP contribution >= 0.6 is 0 Å². The molecule has 0 fully saturated rings. The van der Waals surface area contributed by atoms with Crippen LogP contribution in [0.3, 0.4) is 0 Å². The van der Waals surface area contributed by atoms with E-state index in [4.69, 9.17) is 0 Å². The number of rotatable bonds is 7.